The van der Waals surface area contributed by atoms with Crippen molar-refractivity contribution in [2.75, 3.05) is 12.8 Å². The Balaban J connectivity index is 2.32. The Morgan fingerprint density at radius 1 is 1.24 bits per heavy atom. The third-order valence-electron chi connectivity index (χ3n) is 3.50. The van der Waals surface area contributed by atoms with Crippen molar-refractivity contribution < 1.29 is 8.42 Å². The molecule has 21 heavy (non-hydrogen) atoms. The van der Waals surface area contributed by atoms with Crippen LogP contribution >= 0.6 is 0 Å². The smallest absolute Gasteiger partial charge is 0.246 e. The second kappa shape index (κ2) is 5.50. The molecule has 0 saturated carbocycles. The zero-order valence-corrected chi connectivity index (χ0v) is 13.5. The van der Waals surface area contributed by atoms with Crippen LogP contribution in [0, 0.1) is 13.8 Å². The minimum absolute atomic E-state index is 0.281. The maximum absolute atomic E-state index is 12.7. The second-order valence-corrected chi connectivity index (χ2v) is 7.11. The SMILES string of the molecule is Cc1nn(C)c(C)c1S(=O)(=O)N(C)Cc1ccc(N)cc1. The predicted octanol–water partition coefficient (Wildman–Crippen LogP) is 1.44. The Morgan fingerprint density at radius 3 is 2.29 bits per heavy atom. The lowest BCUT2D eigenvalue weighted by Gasteiger charge is -2.17. The van der Waals surface area contributed by atoms with Gasteiger partial charge in [0.2, 0.25) is 10.0 Å². The maximum Gasteiger partial charge on any atom is 0.246 e. The Labute approximate surface area is 125 Å². The quantitative estimate of drug-likeness (QED) is 0.867. The number of anilines is 1. The Bertz CT molecular complexity index is 748. The second-order valence-electron chi connectivity index (χ2n) is 5.13. The van der Waals surface area contributed by atoms with Gasteiger partial charge in [-0.15, -0.1) is 0 Å². The van der Waals surface area contributed by atoms with Gasteiger partial charge in [-0.3, -0.25) is 4.68 Å². The van der Waals surface area contributed by atoms with Gasteiger partial charge in [0, 0.05) is 26.3 Å². The average Bonchev–Trinajstić information content (AvgIpc) is 2.66. The third-order valence-corrected chi connectivity index (χ3v) is 5.55. The molecule has 6 nitrogen and oxygen atoms in total. The minimum atomic E-state index is -3.57. The van der Waals surface area contributed by atoms with Crippen LogP contribution in [0.3, 0.4) is 0 Å². The summed E-state index contributed by atoms with van der Waals surface area (Å²) in [4.78, 5) is 0.281. The molecule has 7 heteroatoms. The summed E-state index contributed by atoms with van der Waals surface area (Å²) in [7, 11) is -0.265. The molecule has 0 amide bonds. The van der Waals surface area contributed by atoms with Crippen molar-refractivity contribution in [1.82, 2.24) is 14.1 Å². The summed E-state index contributed by atoms with van der Waals surface area (Å²) in [6.07, 6.45) is 0. The van der Waals surface area contributed by atoms with Gasteiger partial charge in [-0.05, 0) is 31.5 Å². The maximum atomic E-state index is 12.7. The van der Waals surface area contributed by atoms with Crippen LogP contribution in [0.25, 0.3) is 0 Å². The fourth-order valence-corrected chi connectivity index (χ4v) is 3.80. The van der Waals surface area contributed by atoms with Crippen molar-refractivity contribution in [1.29, 1.82) is 0 Å². The van der Waals surface area contributed by atoms with Crippen LogP contribution < -0.4 is 5.73 Å². The summed E-state index contributed by atoms with van der Waals surface area (Å²) in [6.45, 7) is 3.75. The number of nitrogen functional groups attached to an aromatic ring is 1. The molecule has 0 radical (unpaired) electrons. The summed E-state index contributed by atoms with van der Waals surface area (Å²) >= 11 is 0. The number of benzene rings is 1. The largest absolute Gasteiger partial charge is 0.399 e. The molecule has 0 unspecified atom stereocenters. The van der Waals surface area contributed by atoms with Crippen molar-refractivity contribution in [3.05, 3.63) is 41.2 Å². The highest BCUT2D eigenvalue weighted by atomic mass is 32.2. The molecule has 0 spiro atoms. The van der Waals surface area contributed by atoms with E-state index < -0.39 is 10.0 Å². The van der Waals surface area contributed by atoms with Crippen LogP contribution in [0.5, 0.6) is 0 Å². The monoisotopic (exact) mass is 308 g/mol. The van der Waals surface area contributed by atoms with E-state index in [1.807, 2.05) is 12.1 Å². The fraction of sp³-hybridized carbons (Fsp3) is 0.357. The zero-order chi connectivity index (χ0) is 15.8. The first-order chi connectivity index (χ1) is 9.73. The first kappa shape index (κ1) is 15.5. The van der Waals surface area contributed by atoms with E-state index >= 15 is 0 Å². The lowest BCUT2D eigenvalue weighted by Crippen LogP contribution is -2.27. The average molecular weight is 308 g/mol. The molecule has 1 aromatic heterocycles. The van der Waals surface area contributed by atoms with Crippen LogP contribution in [0.4, 0.5) is 5.69 Å². The van der Waals surface area contributed by atoms with E-state index in [2.05, 4.69) is 5.10 Å². The third kappa shape index (κ3) is 2.93. The van der Waals surface area contributed by atoms with Gasteiger partial charge in [0.05, 0.1) is 11.4 Å². The molecule has 0 aliphatic carbocycles. The molecule has 1 aromatic carbocycles. The molecule has 0 aliphatic heterocycles. The number of hydrogen-bond acceptors (Lipinski definition) is 4. The van der Waals surface area contributed by atoms with E-state index in [9.17, 15) is 8.42 Å². The first-order valence-corrected chi connectivity index (χ1v) is 7.98. The summed E-state index contributed by atoms with van der Waals surface area (Å²) < 4.78 is 28.3. The number of nitrogens with two attached hydrogens (primary N) is 1. The molecular weight excluding hydrogens is 288 g/mol. The van der Waals surface area contributed by atoms with Crippen LogP contribution in [0.1, 0.15) is 17.0 Å². The van der Waals surface area contributed by atoms with Gasteiger partial charge in [0.15, 0.2) is 0 Å². The molecule has 0 aliphatic rings. The molecule has 1 heterocycles. The lowest BCUT2D eigenvalue weighted by atomic mass is 10.2. The Hall–Kier alpha value is -1.86. The molecule has 114 valence electrons. The van der Waals surface area contributed by atoms with Crippen molar-refractivity contribution in [2.45, 2.75) is 25.3 Å². The van der Waals surface area contributed by atoms with Gasteiger partial charge in [0.1, 0.15) is 4.90 Å². The molecule has 0 bridgehead atoms. The molecular formula is C14H20N4O2S. The summed E-state index contributed by atoms with van der Waals surface area (Å²) in [6, 6.07) is 7.17. The molecule has 0 saturated heterocycles. The number of aromatic nitrogens is 2. The van der Waals surface area contributed by atoms with E-state index in [4.69, 9.17) is 5.73 Å². The van der Waals surface area contributed by atoms with Gasteiger partial charge < -0.3 is 5.73 Å². The predicted molar refractivity (Wildman–Crippen MR) is 82.2 cm³/mol. The van der Waals surface area contributed by atoms with E-state index in [0.717, 1.165) is 5.56 Å². The van der Waals surface area contributed by atoms with Crippen molar-refractivity contribution in [3.63, 3.8) is 0 Å². The van der Waals surface area contributed by atoms with E-state index in [-0.39, 0.29) is 11.4 Å². The highest BCUT2D eigenvalue weighted by Crippen LogP contribution is 2.23. The molecule has 2 N–H and O–H groups in total. The van der Waals surface area contributed by atoms with Gasteiger partial charge in [-0.2, -0.15) is 9.40 Å². The van der Waals surface area contributed by atoms with Gasteiger partial charge in [0.25, 0.3) is 0 Å². The number of nitrogens with zero attached hydrogens (tertiary/aromatic N) is 3. The van der Waals surface area contributed by atoms with Gasteiger partial charge in [-0.25, -0.2) is 8.42 Å². The number of hydrogen-bond donors (Lipinski definition) is 1. The van der Waals surface area contributed by atoms with E-state index in [0.29, 0.717) is 17.1 Å². The number of rotatable bonds is 4. The topological polar surface area (TPSA) is 81.2 Å². The molecule has 2 aromatic rings. The Kier molecular flexibility index (Phi) is 4.06. The van der Waals surface area contributed by atoms with Crippen LogP contribution in [0.15, 0.2) is 29.2 Å². The molecule has 2 rings (SSSR count). The Morgan fingerprint density at radius 2 is 1.81 bits per heavy atom. The highest BCUT2D eigenvalue weighted by molar-refractivity contribution is 7.89. The highest BCUT2D eigenvalue weighted by Gasteiger charge is 2.28. The van der Waals surface area contributed by atoms with Crippen molar-refractivity contribution in [3.8, 4) is 0 Å². The normalized spacial score (nSPS) is 12.0. The lowest BCUT2D eigenvalue weighted by molar-refractivity contribution is 0.465. The standard InChI is InChI=1S/C14H20N4O2S/c1-10-14(11(2)18(4)16-10)21(19,20)17(3)9-12-5-7-13(15)8-6-12/h5-8H,9,15H2,1-4H3. The summed E-state index contributed by atoms with van der Waals surface area (Å²) in [5.41, 5.74) is 8.32. The molecule has 0 fully saturated rings. The van der Waals surface area contributed by atoms with E-state index in [1.54, 1.807) is 44.8 Å². The number of aryl methyl sites for hydroxylation is 2. The van der Waals surface area contributed by atoms with Crippen LogP contribution in [-0.2, 0) is 23.6 Å². The zero-order valence-electron chi connectivity index (χ0n) is 12.7. The summed E-state index contributed by atoms with van der Waals surface area (Å²) in [5.74, 6) is 0. The van der Waals surface area contributed by atoms with Crippen LogP contribution in [0.2, 0.25) is 0 Å². The van der Waals surface area contributed by atoms with Crippen molar-refractivity contribution >= 4 is 15.7 Å². The van der Waals surface area contributed by atoms with Crippen molar-refractivity contribution in [2.24, 2.45) is 7.05 Å². The van der Waals surface area contributed by atoms with E-state index in [1.165, 1.54) is 4.31 Å². The minimum Gasteiger partial charge on any atom is -0.399 e. The van der Waals surface area contributed by atoms with Gasteiger partial charge >= 0.3 is 0 Å². The van der Waals surface area contributed by atoms with Gasteiger partial charge in [-0.1, -0.05) is 12.1 Å². The fourth-order valence-electron chi connectivity index (χ4n) is 2.25. The molecule has 0 atom stereocenters. The van der Waals surface area contributed by atoms with Crippen LogP contribution in [-0.4, -0.2) is 29.6 Å². The first-order valence-electron chi connectivity index (χ1n) is 6.54. The number of sulfonamides is 1. The summed E-state index contributed by atoms with van der Waals surface area (Å²) in [5, 5.41) is 4.17.